The number of phenolic OH excluding ortho intramolecular Hbond substituents is 3. The number of primary amides is 2. The zero-order chi connectivity index (χ0) is 92.1. The van der Waals surface area contributed by atoms with Crippen molar-refractivity contribution >= 4 is 88.0 Å². The van der Waals surface area contributed by atoms with Crippen molar-refractivity contribution in [3.05, 3.63) is 171 Å². The number of likely N-dealkylation sites (N-methyl/N-ethyl adjacent to an activating group) is 1. The zero-order valence-electron chi connectivity index (χ0n) is 67.5. The van der Waals surface area contributed by atoms with Gasteiger partial charge in [-0.05, 0) is 152 Å². The van der Waals surface area contributed by atoms with Gasteiger partial charge in [0.25, 0.3) is 11.8 Å². The number of benzene rings is 6. The number of nitrogens with one attached hydrogen (secondary N) is 10. The minimum absolute atomic E-state index is 0.0442. The Morgan fingerprint density at radius 1 is 0.701 bits per heavy atom. The van der Waals surface area contributed by atoms with Crippen molar-refractivity contribution in [1.29, 1.82) is 0 Å². The molecule has 10 amide bonds. The summed E-state index contributed by atoms with van der Waals surface area (Å²) in [4.78, 5) is 154. The quantitative estimate of drug-likeness (QED) is 0.0431. The first-order chi connectivity index (χ1) is 60.1. The van der Waals surface area contributed by atoms with Crippen LogP contribution in [0, 0.1) is 5.92 Å². The summed E-state index contributed by atoms with van der Waals surface area (Å²) in [5.74, 6) is -18.8. The maximum Gasteiger partial charge on any atom is 0.573 e. The highest BCUT2D eigenvalue weighted by Crippen LogP contribution is 2.50. The van der Waals surface area contributed by atoms with Crippen LogP contribution in [0.3, 0.4) is 0 Å². The number of carbonyl (C=O) groups excluding carboxylic acids is 10. The van der Waals surface area contributed by atoms with Crippen molar-refractivity contribution in [3.8, 4) is 62.9 Å². The van der Waals surface area contributed by atoms with Crippen molar-refractivity contribution in [2.24, 2.45) is 17.4 Å². The number of amides is 10. The molecule has 678 valence electrons. The van der Waals surface area contributed by atoms with Gasteiger partial charge >= 0.3 is 6.36 Å². The fourth-order valence-corrected chi connectivity index (χ4v) is 15.3. The van der Waals surface area contributed by atoms with E-state index in [2.05, 4.69) is 57.6 Å². The average molecular weight is 1820 g/mol. The van der Waals surface area contributed by atoms with E-state index in [1.54, 1.807) is 20.8 Å². The monoisotopic (exact) mass is 1810 g/mol. The van der Waals surface area contributed by atoms with Gasteiger partial charge in [-0.2, -0.15) is 0 Å². The number of aliphatic hydroxyl groups excluding tert-OH is 6. The molecule has 1 aromatic heterocycles. The second-order valence-corrected chi connectivity index (χ2v) is 31.8. The third-order valence-corrected chi connectivity index (χ3v) is 21.8. The Bertz CT molecular complexity index is 5380. The molecule has 7 aliphatic rings. The Kier molecular flexibility index (Phi) is 29.0. The van der Waals surface area contributed by atoms with Crippen LogP contribution in [-0.4, -0.2) is 216 Å². The number of rotatable bonds is 22. The van der Waals surface area contributed by atoms with Gasteiger partial charge in [-0.3, -0.25) is 57.8 Å². The topological polar surface area (TPSA) is 612 Å². The molecule has 0 radical (unpaired) electrons. The van der Waals surface area contributed by atoms with Crippen LogP contribution in [0.5, 0.6) is 51.7 Å². The molecule has 16 unspecified atom stereocenters. The summed E-state index contributed by atoms with van der Waals surface area (Å²) in [6, 6.07) is 4.16. The van der Waals surface area contributed by atoms with Gasteiger partial charge in [0.2, 0.25) is 59.3 Å². The molecule has 127 heavy (non-hydrogen) atoms. The highest BCUT2D eigenvalue weighted by molar-refractivity contribution is 6.32. The van der Waals surface area contributed by atoms with Crippen molar-refractivity contribution < 1.29 is 145 Å². The number of carbonyl (C=O) groups is 10. The first-order valence-electron chi connectivity index (χ1n) is 39.1. The number of alkyl halides is 3. The number of hydroxylamine groups is 1. The molecular weight excluding hydrogens is 1730 g/mol. The van der Waals surface area contributed by atoms with Crippen LogP contribution in [0.15, 0.2) is 122 Å². The minimum Gasteiger partial charge on any atom is -0.508 e. The lowest BCUT2D eigenvalue weighted by molar-refractivity contribution is -0.334. The average Bonchev–Trinajstić information content (AvgIpc) is 0.763. The lowest BCUT2D eigenvalue weighted by atomic mass is 9.84. The molecular formula is C82H88Cl2F3N13O27. The van der Waals surface area contributed by atoms with E-state index in [-0.39, 0.29) is 47.7 Å². The molecule has 45 heteroatoms. The van der Waals surface area contributed by atoms with E-state index < -0.39 is 284 Å². The number of nitrogens with zero attached hydrogens (tertiary/aromatic N) is 1. The van der Waals surface area contributed by atoms with Gasteiger partial charge in [-0.15, -0.1) is 13.2 Å². The van der Waals surface area contributed by atoms with Gasteiger partial charge in [0, 0.05) is 47.5 Å². The summed E-state index contributed by atoms with van der Waals surface area (Å²) >= 11 is 14.3. The number of nitrogens with two attached hydrogens (primary N) is 2. The molecule has 11 bridgehead atoms. The summed E-state index contributed by atoms with van der Waals surface area (Å²) in [5, 5.41) is 129. The van der Waals surface area contributed by atoms with E-state index in [9.17, 15) is 83.1 Å². The van der Waals surface area contributed by atoms with E-state index in [4.69, 9.17) is 67.9 Å². The Labute approximate surface area is 728 Å². The van der Waals surface area contributed by atoms with Gasteiger partial charge in [0.1, 0.15) is 101 Å². The Hall–Kier alpha value is -12.3. The van der Waals surface area contributed by atoms with Crippen LogP contribution in [-0.2, 0) is 68.7 Å². The number of hydrogen-bond donors (Lipinski definition) is 21. The normalized spacial score (nSPS) is 25.8. The highest BCUT2D eigenvalue weighted by atomic mass is 35.5. The van der Waals surface area contributed by atoms with Gasteiger partial charge in [0.15, 0.2) is 30.5 Å². The molecule has 7 aromatic rings. The molecule has 18 atom stereocenters. The molecule has 8 heterocycles. The van der Waals surface area contributed by atoms with E-state index in [0.29, 0.717) is 5.56 Å². The number of aromatic hydroxyl groups is 3. The van der Waals surface area contributed by atoms with Crippen molar-refractivity contribution in [3.63, 3.8) is 0 Å². The van der Waals surface area contributed by atoms with Gasteiger partial charge in [0.05, 0.1) is 53.2 Å². The summed E-state index contributed by atoms with van der Waals surface area (Å²) in [5.41, 5.74) is 8.86. The number of halogens is 5. The molecule has 2 fully saturated rings. The highest BCUT2D eigenvalue weighted by Gasteiger charge is 2.53. The van der Waals surface area contributed by atoms with Crippen LogP contribution < -0.4 is 83.7 Å². The smallest absolute Gasteiger partial charge is 0.508 e. The van der Waals surface area contributed by atoms with Crippen LogP contribution in [0.2, 0.25) is 10.0 Å². The number of fused-ring (bicyclic) bond motifs is 15. The van der Waals surface area contributed by atoms with E-state index in [1.807, 2.05) is 5.48 Å². The SMILES string of the molecule is CNC(CC(C)C)C(=O)NC1C(=O)NC(CC(N)=O)C(=O)NC2C(=O)NC3C(=O)NC(C(=O)N[C@@H](C(=O)NOCC(N)=O)c4cc(O)cc(O)c4-c4cc3ccc4O)C(O)c3ccc(c(Cl)c3)Oc3cc2cc(c3OC2OC(CO)C(O)C(O)C2OC2C[C@@](C)(NCc3cncc(NC(=O)c4ccc(OC(F)(F)F)cc4)c3)C(O)C(C)O2)Oc2ccc(cc2Cl)C1O. The first-order valence-corrected chi connectivity index (χ1v) is 39.8. The lowest BCUT2D eigenvalue weighted by Crippen LogP contribution is -2.65. The number of aliphatic hydroxyl groups is 6. The number of aromatic nitrogens is 1. The zero-order valence-corrected chi connectivity index (χ0v) is 69.1. The number of pyridine rings is 1. The van der Waals surface area contributed by atoms with E-state index in [0.717, 1.165) is 97.1 Å². The minimum atomic E-state index is -4.99. The molecule has 0 spiro atoms. The van der Waals surface area contributed by atoms with Crippen LogP contribution in [0.4, 0.5) is 18.9 Å². The molecule has 6 aromatic carbocycles. The summed E-state index contributed by atoms with van der Waals surface area (Å²) in [6.07, 6.45) is -22.3. The fraction of sp³-hybridized carbons (Fsp3) is 0.378. The second-order valence-electron chi connectivity index (χ2n) is 31.0. The van der Waals surface area contributed by atoms with Crippen LogP contribution in [0.1, 0.15) is 121 Å². The first kappa shape index (κ1) is 93.8. The molecule has 0 aliphatic carbocycles. The van der Waals surface area contributed by atoms with Gasteiger partial charge in [-0.1, -0.05) is 55.2 Å². The van der Waals surface area contributed by atoms with Crippen molar-refractivity contribution in [1.82, 2.24) is 53.0 Å². The van der Waals surface area contributed by atoms with Crippen LogP contribution in [0.25, 0.3) is 11.1 Å². The summed E-state index contributed by atoms with van der Waals surface area (Å²) in [6.45, 7) is 4.51. The lowest BCUT2D eigenvalue weighted by Gasteiger charge is -2.48. The molecule has 0 saturated carbocycles. The maximum atomic E-state index is 16.3. The van der Waals surface area contributed by atoms with E-state index in [1.165, 1.54) is 38.5 Å². The third-order valence-electron chi connectivity index (χ3n) is 21.2. The predicted molar refractivity (Wildman–Crippen MR) is 433 cm³/mol. The molecule has 14 rings (SSSR count). The molecule has 40 nitrogen and oxygen atoms in total. The van der Waals surface area contributed by atoms with E-state index >= 15 is 24.0 Å². The largest absolute Gasteiger partial charge is 0.573 e. The molecule has 7 aliphatic heterocycles. The Balaban J connectivity index is 1.01. The van der Waals surface area contributed by atoms with Crippen molar-refractivity contribution in [2.75, 3.05) is 25.6 Å². The third kappa shape index (κ3) is 21.9. The fourth-order valence-electron chi connectivity index (χ4n) is 14.9. The van der Waals surface area contributed by atoms with Gasteiger partial charge in [-0.25, -0.2) is 5.48 Å². The number of phenols is 3. The van der Waals surface area contributed by atoms with Gasteiger partial charge < -0.3 is 138 Å². The second kappa shape index (κ2) is 39.3. The number of anilines is 1. The summed E-state index contributed by atoms with van der Waals surface area (Å²) < 4.78 is 81.9. The molecule has 2 saturated heterocycles. The predicted octanol–water partition coefficient (Wildman–Crippen LogP) is 1.93. The number of ether oxygens (including phenoxy) is 7. The maximum absolute atomic E-state index is 16.3. The Morgan fingerprint density at radius 3 is 1.96 bits per heavy atom. The standard InChI is InChI=1S/C82H88Cl2F3N13O27/c1-32(2)16-47(90-5)73(113)98-63-65(107)37-9-14-51(45(83)19-37)122-53-21-39-22-54(69(53)126-80-70(68(110)67(109)55(30-101)124-80)125-58-26-81(4,71(111)33(3)121-58)92-28-34-17-40(29-91-27-34)93-72(112)35-6-11-42(12-7-35)127-82(85,86)87)123-52-15-10-38(20-46(52)84)66(108)64-78(118)97-62(79(119)100-120-31-57(89)106)44-23-41(102)24-50(104)59(44)43-18-36(8-13-49(43)103)60(75(115)99-64)96-76(116)61(39)95-74(114)48(25-56(88)105)94-77(63)117/h6-15,17-24,27,29,32-33,47-48,55,58,60-68,70-71,80,90,92,101-104,107-111H,16,25-26,28,30-31H2,1-5H3,(H2,88,105)(H2,89,106)(H,93,112)(H,94,117)(H,95,114)(H,96,116)(H,97,118)(H,98,113)(H,99,115)(H,100,119)/t33?,47?,48?,55?,58?,60?,61?,62-,63?,64?,65?,66?,67?,68?,70?,71?,80?,81-/m1/s1. The summed E-state index contributed by atoms with van der Waals surface area (Å²) in [7, 11) is 1.45. The Morgan fingerprint density at radius 2 is 1.34 bits per heavy atom. The van der Waals surface area contributed by atoms with Crippen molar-refractivity contribution in [2.45, 2.75) is 169 Å². The number of hydrogen-bond acceptors (Lipinski definition) is 30. The van der Waals surface area contributed by atoms with Crippen LogP contribution >= 0.6 is 23.2 Å². The molecule has 23 N–H and O–H groups in total.